The molecule has 0 spiro atoms. The fourth-order valence-electron chi connectivity index (χ4n) is 3.21. The van der Waals surface area contributed by atoms with Crippen LogP contribution in [0.3, 0.4) is 0 Å². The Labute approximate surface area is 171 Å². The number of aliphatic hydroxyl groups excluding tert-OH is 1. The number of benzene rings is 2. The zero-order chi connectivity index (χ0) is 20.8. The quantitative estimate of drug-likeness (QED) is 0.806. The number of hydrogen-bond donors (Lipinski definition) is 1. The van der Waals surface area contributed by atoms with Crippen LogP contribution < -0.4 is 4.74 Å². The number of hydrogen-bond acceptors (Lipinski definition) is 6. The summed E-state index contributed by atoms with van der Waals surface area (Å²) in [6, 6.07) is 16.4. The summed E-state index contributed by atoms with van der Waals surface area (Å²) in [5.41, 5.74) is 1.80. The molecule has 6 heteroatoms. The predicted octanol–water partition coefficient (Wildman–Crippen LogP) is 3.80. The predicted molar refractivity (Wildman–Crippen MR) is 113 cm³/mol. The van der Waals surface area contributed by atoms with Gasteiger partial charge in [-0.05, 0) is 29.2 Å². The zero-order valence-electron chi connectivity index (χ0n) is 17.3. The van der Waals surface area contributed by atoms with Crippen LogP contribution in [-0.2, 0) is 16.1 Å². The van der Waals surface area contributed by atoms with E-state index in [9.17, 15) is 5.11 Å². The number of ether oxygens (including phenoxy) is 3. The summed E-state index contributed by atoms with van der Waals surface area (Å²) in [5.74, 6) is 1.85. The summed E-state index contributed by atoms with van der Waals surface area (Å²) in [5, 5.41) is 10.9. The maximum atomic E-state index is 10.9. The van der Waals surface area contributed by atoms with Crippen molar-refractivity contribution in [2.45, 2.75) is 38.6 Å². The fourth-order valence-corrected chi connectivity index (χ4v) is 3.21. The van der Waals surface area contributed by atoms with Crippen LogP contribution in [0, 0.1) is 5.92 Å². The molecule has 3 rings (SSSR count). The summed E-state index contributed by atoms with van der Waals surface area (Å²) in [6.45, 7) is 4.58. The van der Waals surface area contributed by atoms with E-state index < -0.39 is 12.1 Å². The van der Waals surface area contributed by atoms with E-state index in [1.807, 2.05) is 68.4 Å². The monoisotopic (exact) mass is 396 g/mol. The third-order valence-corrected chi connectivity index (χ3v) is 4.86. The molecule has 1 heterocycles. The summed E-state index contributed by atoms with van der Waals surface area (Å²) in [4.78, 5) is 9.20. The zero-order valence-corrected chi connectivity index (χ0v) is 17.3. The Hall–Kier alpha value is -2.86. The molecule has 6 nitrogen and oxygen atoms in total. The molecule has 1 unspecified atom stereocenters. The van der Waals surface area contributed by atoms with E-state index in [1.165, 1.54) is 0 Å². The van der Waals surface area contributed by atoms with Crippen LogP contribution >= 0.6 is 0 Å². The van der Waals surface area contributed by atoms with E-state index in [0.29, 0.717) is 24.0 Å². The molecule has 0 aromatic heterocycles. The van der Waals surface area contributed by atoms with Gasteiger partial charge in [0.1, 0.15) is 24.5 Å². The first kappa shape index (κ1) is 20.9. The van der Waals surface area contributed by atoms with Crippen molar-refractivity contribution in [2.75, 3.05) is 14.2 Å². The Morgan fingerprint density at radius 2 is 1.45 bits per heavy atom. The number of aliphatic hydroxyl groups is 1. The van der Waals surface area contributed by atoms with Crippen LogP contribution in [0.4, 0.5) is 0 Å². The highest BCUT2D eigenvalue weighted by Crippen LogP contribution is 2.27. The van der Waals surface area contributed by atoms with Crippen molar-refractivity contribution in [3.63, 3.8) is 0 Å². The molecular formula is C23H28N2O4. The smallest absolute Gasteiger partial charge is 0.212 e. The minimum absolute atomic E-state index is 0.206. The second-order valence-electron chi connectivity index (χ2n) is 7.26. The number of methoxy groups -OCH3 is 2. The number of nitrogens with zero attached hydrogens (tertiary/aromatic N) is 2. The van der Waals surface area contributed by atoms with Crippen LogP contribution in [-0.4, -0.2) is 43.2 Å². The summed E-state index contributed by atoms with van der Waals surface area (Å²) in [7, 11) is 3.12. The molecule has 3 atom stereocenters. The SMILES string of the molecule is COC1=N[C@H](C(C)C)C(OC)=NC1[C@H](O)c1ccc(OCc2ccccc2)cc1. The molecule has 1 N–H and O–H groups in total. The highest BCUT2D eigenvalue weighted by molar-refractivity contribution is 5.94. The molecule has 0 aliphatic carbocycles. The Bertz CT molecular complexity index is 847. The topological polar surface area (TPSA) is 72.6 Å². The largest absolute Gasteiger partial charge is 0.489 e. The van der Waals surface area contributed by atoms with Gasteiger partial charge in [0.05, 0.1) is 14.2 Å². The van der Waals surface area contributed by atoms with Crippen molar-refractivity contribution in [1.29, 1.82) is 0 Å². The molecule has 0 fully saturated rings. The molecule has 29 heavy (non-hydrogen) atoms. The van der Waals surface area contributed by atoms with Crippen molar-refractivity contribution in [3.05, 3.63) is 65.7 Å². The number of aliphatic imine (C=N–C) groups is 2. The fraction of sp³-hybridized carbons (Fsp3) is 0.391. The minimum Gasteiger partial charge on any atom is -0.489 e. The molecule has 154 valence electrons. The normalized spacial score (nSPS) is 19.9. The van der Waals surface area contributed by atoms with E-state index in [-0.39, 0.29) is 12.0 Å². The molecular weight excluding hydrogens is 368 g/mol. The van der Waals surface area contributed by atoms with Gasteiger partial charge in [-0.25, -0.2) is 9.98 Å². The van der Waals surface area contributed by atoms with Crippen molar-refractivity contribution in [2.24, 2.45) is 15.9 Å². The van der Waals surface area contributed by atoms with E-state index in [0.717, 1.165) is 11.3 Å². The van der Waals surface area contributed by atoms with Crippen LogP contribution in [0.5, 0.6) is 5.75 Å². The number of rotatable bonds is 6. The van der Waals surface area contributed by atoms with E-state index >= 15 is 0 Å². The maximum Gasteiger partial charge on any atom is 0.212 e. The first-order valence-corrected chi connectivity index (χ1v) is 9.71. The molecule has 0 radical (unpaired) electrons. The van der Waals surface area contributed by atoms with E-state index in [1.54, 1.807) is 14.2 Å². The summed E-state index contributed by atoms with van der Waals surface area (Å²) in [6.07, 6.45) is -0.907. The second kappa shape index (κ2) is 9.56. The van der Waals surface area contributed by atoms with Gasteiger partial charge in [0.25, 0.3) is 0 Å². The lowest BCUT2D eigenvalue weighted by molar-refractivity contribution is 0.155. The third-order valence-electron chi connectivity index (χ3n) is 4.86. The molecule has 0 saturated carbocycles. The maximum absolute atomic E-state index is 10.9. The molecule has 1 aliphatic rings. The Morgan fingerprint density at radius 1 is 0.862 bits per heavy atom. The van der Waals surface area contributed by atoms with Gasteiger partial charge in [-0.2, -0.15) is 0 Å². The van der Waals surface area contributed by atoms with Gasteiger partial charge in [0.15, 0.2) is 6.04 Å². The summed E-state index contributed by atoms with van der Waals surface area (Å²) >= 11 is 0. The molecule has 2 aromatic carbocycles. The highest BCUT2D eigenvalue weighted by atomic mass is 16.5. The van der Waals surface area contributed by atoms with Crippen molar-refractivity contribution < 1.29 is 19.3 Å². The van der Waals surface area contributed by atoms with Gasteiger partial charge < -0.3 is 19.3 Å². The van der Waals surface area contributed by atoms with Gasteiger partial charge in [0.2, 0.25) is 11.8 Å². The molecule has 0 saturated heterocycles. The highest BCUT2D eigenvalue weighted by Gasteiger charge is 2.35. The van der Waals surface area contributed by atoms with Crippen molar-refractivity contribution in [1.82, 2.24) is 0 Å². The van der Waals surface area contributed by atoms with Crippen LogP contribution in [0.15, 0.2) is 64.6 Å². The second-order valence-corrected chi connectivity index (χ2v) is 7.26. The van der Waals surface area contributed by atoms with Crippen LogP contribution in [0.25, 0.3) is 0 Å². The van der Waals surface area contributed by atoms with E-state index in [4.69, 9.17) is 14.2 Å². The molecule has 2 aromatic rings. The summed E-state index contributed by atoms with van der Waals surface area (Å²) < 4.78 is 16.7. The van der Waals surface area contributed by atoms with Crippen molar-refractivity contribution in [3.8, 4) is 5.75 Å². The Balaban J connectivity index is 1.72. The average molecular weight is 396 g/mol. The Kier molecular flexibility index (Phi) is 6.88. The molecule has 1 aliphatic heterocycles. The minimum atomic E-state index is -0.907. The van der Waals surface area contributed by atoms with Crippen LogP contribution in [0.2, 0.25) is 0 Å². The van der Waals surface area contributed by atoms with Gasteiger partial charge in [-0.1, -0.05) is 56.3 Å². The molecule has 0 amide bonds. The van der Waals surface area contributed by atoms with Gasteiger partial charge in [-0.3, -0.25) is 0 Å². The van der Waals surface area contributed by atoms with Crippen LogP contribution in [0.1, 0.15) is 31.1 Å². The first-order valence-electron chi connectivity index (χ1n) is 9.71. The molecule has 0 bridgehead atoms. The lowest BCUT2D eigenvalue weighted by atomic mass is 9.98. The lowest BCUT2D eigenvalue weighted by Crippen LogP contribution is -2.40. The van der Waals surface area contributed by atoms with E-state index in [2.05, 4.69) is 9.98 Å². The average Bonchev–Trinajstić information content (AvgIpc) is 2.77. The van der Waals surface area contributed by atoms with Gasteiger partial charge in [0, 0.05) is 0 Å². The lowest BCUT2D eigenvalue weighted by Gasteiger charge is -2.29. The standard InChI is InChI=1S/C23H28N2O4/c1-15(2)19-22(27-3)25-20(23(24-19)28-4)21(26)17-10-12-18(13-11-17)29-14-16-8-6-5-7-9-16/h5-13,15,19-21,26H,14H2,1-4H3/t19-,20?,21-/m1/s1. The van der Waals surface area contributed by atoms with Gasteiger partial charge in [-0.15, -0.1) is 0 Å². The van der Waals surface area contributed by atoms with Gasteiger partial charge >= 0.3 is 0 Å². The first-order chi connectivity index (χ1) is 14.0. The third kappa shape index (κ3) is 4.95. The Morgan fingerprint density at radius 3 is 2.03 bits per heavy atom. The van der Waals surface area contributed by atoms with Crippen molar-refractivity contribution >= 4 is 11.8 Å².